The quantitative estimate of drug-likeness (QED) is 0.615. The number of nitrogens with one attached hydrogen (secondary N) is 2. The monoisotopic (exact) mass is 434 g/mol. The van der Waals surface area contributed by atoms with Crippen molar-refractivity contribution in [2.45, 2.75) is 13.5 Å². The van der Waals surface area contributed by atoms with Crippen LogP contribution in [0, 0.1) is 6.92 Å². The van der Waals surface area contributed by atoms with Crippen molar-refractivity contribution in [1.29, 1.82) is 0 Å². The third-order valence-electron chi connectivity index (χ3n) is 5.72. The van der Waals surface area contributed by atoms with Crippen molar-refractivity contribution in [3.63, 3.8) is 0 Å². The first-order valence-electron chi connectivity index (χ1n) is 10.8. The molecule has 0 bridgehead atoms. The highest BCUT2D eigenvalue weighted by molar-refractivity contribution is 5.93. The smallest absolute Gasteiger partial charge is 0.323 e. The number of nitrogens with zero attached hydrogens (tertiary/aromatic N) is 4. The fourth-order valence-electron chi connectivity index (χ4n) is 3.91. The molecule has 0 spiro atoms. The first-order valence-corrected chi connectivity index (χ1v) is 10.8. The predicted molar refractivity (Wildman–Crippen MR) is 121 cm³/mol. The number of aryl methyl sites for hydroxylation is 1. The number of urea groups is 1. The van der Waals surface area contributed by atoms with E-state index in [1.54, 1.807) is 17.3 Å². The van der Waals surface area contributed by atoms with Crippen LogP contribution in [0.5, 0.6) is 0 Å². The van der Waals surface area contributed by atoms with Crippen LogP contribution in [0.3, 0.4) is 0 Å². The number of ether oxygens (including phenoxy) is 1. The molecule has 0 radical (unpaired) electrons. The summed E-state index contributed by atoms with van der Waals surface area (Å²) in [7, 11) is 0. The number of aromatic nitrogens is 2. The van der Waals surface area contributed by atoms with Crippen molar-refractivity contribution in [3.05, 3.63) is 53.9 Å². The summed E-state index contributed by atoms with van der Waals surface area (Å²) < 4.78 is 11.4. The molecule has 166 valence electrons. The highest BCUT2D eigenvalue weighted by Gasteiger charge is 2.23. The largest absolute Gasteiger partial charge is 0.423 e. The maximum absolute atomic E-state index is 11.9. The zero-order valence-corrected chi connectivity index (χ0v) is 18.0. The summed E-state index contributed by atoms with van der Waals surface area (Å²) in [5.74, 6) is 1.20. The molecule has 2 aromatic heterocycles. The zero-order chi connectivity index (χ0) is 21.9. The lowest BCUT2D eigenvalue weighted by atomic mass is 10.1. The minimum Gasteiger partial charge on any atom is -0.423 e. The normalized spacial score (nSPS) is 16.9. The number of pyridine rings is 1. The minimum atomic E-state index is -0.137. The van der Waals surface area contributed by atoms with Crippen molar-refractivity contribution in [2.75, 3.05) is 49.6 Å². The average Bonchev–Trinajstić information content (AvgIpc) is 3.46. The molecule has 0 unspecified atom stereocenters. The van der Waals surface area contributed by atoms with Crippen molar-refractivity contribution in [2.24, 2.45) is 0 Å². The van der Waals surface area contributed by atoms with Crippen LogP contribution in [-0.4, -0.2) is 60.3 Å². The Morgan fingerprint density at radius 1 is 1.12 bits per heavy atom. The van der Waals surface area contributed by atoms with Crippen molar-refractivity contribution < 1.29 is 13.9 Å². The maximum Gasteiger partial charge on any atom is 0.323 e. The van der Waals surface area contributed by atoms with Gasteiger partial charge in [0.05, 0.1) is 19.4 Å². The Balaban J connectivity index is 1.31. The molecule has 0 saturated carbocycles. The Labute approximate surface area is 186 Å². The van der Waals surface area contributed by atoms with E-state index < -0.39 is 0 Å². The number of carbonyl (C=O) groups is 1. The van der Waals surface area contributed by atoms with E-state index in [4.69, 9.17) is 9.15 Å². The molecule has 1 aromatic carbocycles. The topological polar surface area (TPSA) is 95.8 Å². The fourth-order valence-corrected chi connectivity index (χ4v) is 3.91. The van der Waals surface area contributed by atoms with Crippen LogP contribution in [0.2, 0.25) is 0 Å². The van der Waals surface area contributed by atoms with Gasteiger partial charge in [0, 0.05) is 50.2 Å². The van der Waals surface area contributed by atoms with E-state index in [1.807, 2.05) is 12.1 Å². The Morgan fingerprint density at radius 3 is 2.81 bits per heavy atom. The van der Waals surface area contributed by atoms with Gasteiger partial charge in [-0.1, -0.05) is 12.1 Å². The molecule has 32 heavy (non-hydrogen) atoms. The number of hydrogen-bond acceptors (Lipinski definition) is 7. The molecular weight excluding hydrogens is 408 g/mol. The zero-order valence-electron chi connectivity index (χ0n) is 18.0. The Hall–Kier alpha value is -3.43. The van der Waals surface area contributed by atoms with Crippen molar-refractivity contribution in [3.8, 4) is 11.3 Å². The van der Waals surface area contributed by atoms with Gasteiger partial charge in [0.25, 0.3) is 6.01 Å². The molecule has 2 saturated heterocycles. The lowest BCUT2D eigenvalue weighted by Gasteiger charge is -2.26. The standard InChI is InChI=1S/C23H26N6O3/c1-16-2-3-17(15-28-8-10-31-11-9-28)12-19(16)27-22-26-14-20(32-22)18-4-5-24-21(13-18)29-7-6-25-23(29)30/h2-5,12-14H,6-11,15H2,1H3,(H,25,30)(H,26,27). The van der Waals surface area contributed by atoms with Gasteiger partial charge in [-0.3, -0.25) is 9.80 Å². The van der Waals surface area contributed by atoms with Crippen LogP contribution in [0.4, 0.5) is 22.3 Å². The summed E-state index contributed by atoms with van der Waals surface area (Å²) in [6.07, 6.45) is 3.35. The Kier molecular flexibility index (Phi) is 5.74. The summed E-state index contributed by atoms with van der Waals surface area (Å²) in [6.45, 7) is 7.63. The number of hydrogen-bond donors (Lipinski definition) is 2. The summed E-state index contributed by atoms with van der Waals surface area (Å²) in [6, 6.07) is 10.4. The van der Waals surface area contributed by atoms with Gasteiger partial charge in [0.1, 0.15) is 5.82 Å². The first kappa shape index (κ1) is 20.5. The number of rotatable bonds is 6. The van der Waals surface area contributed by atoms with Gasteiger partial charge in [0.2, 0.25) is 0 Å². The highest BCUT2D eigenvalue weighted by Crippen LogP contribution is 2.28. The molecule has 2 amide bonds. The SMILES string of the molecule is Cc1ccc(CN2CCOCC2)cc1Nc1ncc(-c2ccnc(N3CCNC3=O)c2)o1. The molecule has 4 heterocycles. The second kappa shape index (κ2) is 8.97. The number of oxazole rings is 1. The molecule has 0 atom stereocenters. The summed E-state index contributed by atoms with van der Waals surface area (Å²) in [5.41, 5.74) is 4.12. The summed E-state index contributed by atoms with van der Waals surface area (Å²) in [4.78, 5) is 24.7. The molecule has 9 nitrogen and oxygen atoms in total. The van der Waals surface area contributed by atoms with Gasteiger partial charge in [0.15, 0.2) is 5.76 Å². The lowest BCUT2D eigenvalue weighted by Crippen LogP contribution is -2.35. The number of amides is 2. The second-order valence-electron chi connectivity index (χ2n) is 7.98. The number of benzene rings is 1. The third-order valence-corrected chi connectivity index (χ3v) is 5.72. The van der Waals surface area contributed by atoms with Gasteiger partial charge in [-0.2, -0.15) is 0 Å². The van der Waals surface area contributed by atoms with Crippen LogP contribution in [0.1, 0.15) is 11.1 Å². The molecule has 0 aliphatic carbocycles. The number of morpholine rings is 1. The van der Waals surface area contributed by atoms with Crippen LogP contribution in [-0.2, 0) is 11.3 Å². The number of anilines is 3. The molecule has 5 rings (SSSR count). The first-order chi connectivity index (χ1) is 15.7. The minimum absolute atomic E-state index is 0.137. The van der Waals surface area contributed by atoms with Gasteiger partial charge in [-0.25, -0.2) is 14.8 Å². The van der Waals surface area contributed by atoms with Crippen molar-refractivity contribution >= 4 is 23.6 Å². The van der Waals surface area contributed by atoms with E-state index in [0.29, 0.717) is 30.7 Å². The predicted octanol–water partition coefficient (Wildman–Crippen LogP) is 3.15. The molecule has 2 fully saturated rings. The van der Waals surface area contributed by atoms with Crippen molar-refractivity contribution in [1.82, 2.24) is 20.2 Å². The molecular formula is C23H26N6O3. The van der Waals surface area contributed by atoms with E-state index in [-0.39, 0.29) is 6.03 Å². The average molecular weight is 435 g/mol. The van der Waals surface area contributed by atoms with E-state index in [1.165, 1.54) is 5.56 Å². The maximum atomic E-state index is 11.9. The summed E-state index contributed by atoms with van der Waals surface area (Å²) >= 11 is 0. The molecule has 2 N–H and O–H groups in total. The number of carbonyl (C=O) groups excluding carboxylic acids is 1. The van der Waals surface area contributed by atoms with Gasteiger partial charge in [-0.05, 0) is 36.2 Å². The second-order valence-corrected chi connectivity index (χ2v) is 7.98. The Morgan fingerprint density at radius 2 is 2.00 bits per heavy atom. The van der Waals surface area contributed by atoms with E-state index in [0.717, 1.165) is 49.7 Å². The Bertz CT molecular complexity index is 1110. The van der Waals surface area contributed by atoms with E-state index >= 15 is 0 Å². The van der Waals surface area contributed by atoms with Crippen LogP contribution < -0.4 is 15.5 Å². The molecule has 9 heteroatoms. The molecule has 2 aliphatic rings. The molecule has 3 aromatic rings. The highest BCUT2D eigenvalue weighted by atomic mass is 16.5. The lowest BCUT2D eigenvalue weighted by molar-refractivity contribution is 0.0342. The summed E-state index contributed by atoms with van der Waals surface area (Å²) in [5, 5.41) is 6.09. The van der Waals surface area contributed by atoms with E-state index in [2.05, 4.69) is 50.6 Å². The van der Waals surface area contributed by atoms with Crippen LogP contribution in [0.25, 0.3) is 11.3 Å². The van der Waals surface area contributed by atoms with E-state index in [9.17, 15) is 4.79 Å². The van der Waals surface area contributed by atoms with Crippen LogP contribution >= 0.6 is 0 Å². The van der Waals surface area contributed by atoms with Gasteiger partial charge >= 0.3 is 6.03 Å². The van der Waals surface area contributed by atoms with Crippen LogP contribution in [0.15, 0.2) is 47.1 Å². The van der Waals surface area contributed by atoms with Gasteiger partial charge < -0.3 is 19.8 Å². The van der Waals surface area contributed by atoms with Gasteiger partial charge in [-0.15, -0.1) is 0 Å². The third kappa shape index (κ3) is 4.44. The fraction of sp³-hybridized carbons (Fsp3) is 0.348. The molecule has 2 aliphatic heterocycles.